The number of nitrogens with zero attached hydrogens (tertiary/aromatic N) is 1. The minimum Gasteiger partial charge on any atom is -0.497 e. The van der Waals surface area contributed by atoms with Gasteiger partial charge in [-0.15, -0.1) is 11.3 Å². The number of ether oxygens (including phenoxy) is 1. The molecule has 0 unspecified atom stereocenters. The third-order valence-corrected chi connectivity index (χ3v) is 6.54. The standard InChI is InChI=1S/C30H25N3O2S/c1-35-26-17-9-16-25(19-26)32-30-33-27(20-36-30)23-14-8-15-24(18-23)31-29(34)28(21-10-4-2-5-11-21)22-12-6-3-7-13-22/h2-20,28H,1H3,(H,31,34)(H,32,33). The molecule has 0 aliphatic heterocycles. The van der Waals surface area contributed by atoms with E-state index < -0.39 is 5.92 Å². The Balaban J connectivity index is 1.35. The Kier molecular flexibility index (Phi) is 7.05. The van der Waals surface area contributed by atoms with Crippen LogP contribution in [-0.2, 0) is 4.79 Å². The Morgan fingerprint density at radius 1 is 0.806 bits per heavy atom. The number of anilines is 3. The Morgan fingerprint density at radius 3 is 2.17 bits per heavy atom. The first kappa shape index (κ1) is 23.3. The highest BCUT2D eigenvalue weighted by Crippen LogP contribution is 2.31. The van der Waals surface area contributed by atoms with E-state index in [1.54, 1.807) is 7.11 Å². The van der Waals surface area contributed by atoms with Gasteiger partial charge in [0.25, 0.3) is 0 Å². The van der Waals surface area contributed by atoms with Crippen LogP contribution in [0.4, 0.5) is 16.5 Å². The Morgan fingerprint density at radius 2 is 1.47 bits per heavy atom. The number of benzene rings is 4. The Labute approximate surface area is 214 Å². The van der Waals surface area contributed by atoms with Gasteiger partial charge in [0.05, 0.1) is 18.7 Å². The summed E-state index contributed by atoms with van der Waals surface area (Å²) in [6.45, 7) is 0. The zero-order valence-electron chi connectivity index (χ0n) is 19.7. The lowest BCUT2D eigenvalue weighted by molar-refractivity contribution is -0.116. The highest BCUT2D eigenvalue weighted by molar-refractivity contribution is 7.14. The van der Waals surface area contributed by atoms with Gasteiger partial charge in [0, 0.05) is 28.4 Å². The molecule has 36 heavy (non-hydrogen) atoms. The smallest absolute Gasteiger partial charge is 0.236 e. The molecule has 5 aromatic rings. The summed E-state index contributed by atoms with van der Waals surface area (Å²) < 4.78 is 5.29. The van der Waals surface area contributed by atoms with Crippen LogP contribution in [0, 0.1) is 0 Å². The predicted molar refractivity (Wildman–Crippen MR) is 147 cm³/mol. The molecule has 0 spiro atoms. The first-order chi connectivity index (χ1) is 17.7. The molecule has 0 radical (unpaired) electrons. The Bertz CT molecular complexity index is 1410. The van der Waals surface area contributed by atoms with Crippen LogP contribution in [-0.4, -0.2) is 18.0 Å². The summed E-state index contributed by atoms with van der Waals surface area (Å²) in [4.78, 5) is 18.2. The minimum atomic E-state index is -0.408. The molecule has 5 rings (SSSR count). The van der Waals surface area contributed by atoms with Crippen molar-refractivity contribution >= 4 is 33.8 Å². The summed E-state index contributed by atoms with van der Waals surface area (Å²) in [6.07, 6.45) is 0. The van der Waals surface area contributed by atoms with E-state index in [0.717, 1.165) is 44.6 Å². The van der Waals surface area contributed by atoms with Crippen molar-refractivity contribution in [2.24, 2.45) is 0 Å². The molecule has 178 valence electrons. The number of carbonyl (C=O) groups is 1. The van der Waals surface area contributed by atoms with Gasteiger partial charge < -0.3 is 15.4 Å². The lowest BCUT2D eigenvalue weighted by Gasteiger charge is -2.18. The molecule has 0 saturated carbocycles. The molecule has 0 fully saturated rings. The van der Waals surface area contributed by atoms with Gasteiger partial charge in [-0.3, -0.25) is 4.79 Å². The molecule has 1 heterocycles. The monoisotopic (exact) mass is 491 g/mol. The molecule has 1 aromatic heterocycles. The van der Waals surface area contributed by atoms with E-state index in [4.69, 9.17) is 9.72 Å². The van der Waals surface area contributed by atoms with Crippen LogP contribution in [0.25, 0.3) is 11.3 Å². The average Bonchev–Trinajstić information content (AvgIpc) is 3.39. The van der Waals surface area contributed by atoms with E-state index in [1.165, 1.54) is 11.3 Å². The van der Waals surface area contributed by atoms with E-state index in [2.05, 4.69) is 10.6 Å². The van der Waals surface area contributed by atoms with Crippen molar-refractivity contribution in [3.05, 3.63) is 126 Å². The molecule has 6 heteroatoms. The SMILES string of the molecule is COc1cccc(Nc2nc(-c3cccc(NC(=O)C(c4ccccc4)c4ccccc4)c3)cs2)c1. The van der Waals surface area contributed by atoms with E-state index in [0.29, 0.717) is 0 Å². The topological polar surface area (TPSA) is 63.2 Å². The van der Waals surface area contributed by atoms with Crippen molar-refractivity contribution in [1.29, 1.82) is 0 Å². The maximum absolute atomic E-state index is 13.5. The van der Waals surface area contributed by atoms with Crippen molar-refractivity contribution in [3.63, 3.8) is 0 Å². The van der Waals surface area contributed by atoms with Crippen molar-refractivity contribution in [1.82, 2.24) is 4.98 Å². The van der Waals surface area contributed by atoms with E-state index in [9.17, 15) is 4.79 Å². The van der Waals surface area contributed by atoms with Crippen molar-refractivity contribution < 1.29 is 9.53 Å². The summed E-state index contributed by atoms with van der Waals surface area (Å²) >= 11 is 1.52. The number of methoxy groups -OCH3 is 1. The number of rotatable bonds is 8. The van der Waals surface area contributed by atoms with Gasteiger partial charge in [0.2, 0.25) is 5.91 Å². The van der Waals surface area contributed by atoms with Gasteiger partial charge in [-0.25, -0.2) is 4.98 Å². The van der Waals surface area contributed by atoms with Gasteiger partial charge in [-0.1, -0.05) is 78.9 Å². The highest BCUT2D eigenvalue weighted by Gasteiger charge is 2.22. The third-order valence-electron chi connectivity index (χ3n) is 5.78. The lowest BCUT2D eigenvalue weighted by atomic mass is 9.90. The first-order valence-electron chi connectivity index (χ1n) is 11.6. The molecule has 2 N–H and O–H groups in total. The van der Waals surface area contributed by atoms with Crippen LogP contribution in [0.2, 0.25) is 0 Å². The second kappa shape index (κ2) is 10.9. The summed E-state index contributed by atoms with van der Waals surface area (Å²) in [6, 6.07) is 35.2. The fourth-order valence-electron chi connectivity index (χ4n) is 4.04. The van der Waals surface area contributed by atoms with Crippen LogP contribution in [0.5, 0.6) is 5.75 Å². The molecule has 0 atom stereocenters. The first-order valence-corrected chi connectivity index (χ1v) is 12.5. The van der Waals surface area contributed by atoms with Gasteiger partial charge in [0.1, 0.15) is 5.75 Å². The number of hydrogen-bond donors (Lipinski definition) is 2. The minimum absolute atomic E-state index is 0.0804. The van der Waals surface area contributed by atoms with Gasteiger partial charge in [-0.05, 0) is 35.4 Å². The second-order valence-corrected chi connectivity index (χ2v) is 9.08. The predicted octanol–water partition coefficient (Wildman–Crippen LogP) is 7.33. The Hall–Kier alpha value is -4.42. The van der Waals surface area contributed by atoms with Crippen molar-refractivity contribution in [3.8, 4) is 17.0 Å². The number of thiazole rings is 1. The van der Waals surface area contributed by atoms with Crippen LogP contribution in [0.3, 0.4) is 0 Å². The average molecular weight is 492 g/mol. The number of hydrogen-bond acceptors (Lipinski definition) is 5. The summed E-state index contributed by atoms with van der Waals surface area (Å²) in [5.74, 6) is 0.293. The quantitative estimate of drug-likeness (QED) is 0.238. The normalized spacial score (nSPS) is 10.7. The summed E-state index contributed by atoms with van der Waals surface area (Å²) in [5.41, 5.74) is 5.30. The molecule has 1 amide bonds. The molecule has 0 aliphatic rings. The van der Waals surface area contributed by atoms with Crippen LogP contribution < -0.4 is 15.4 Å². The lowest BCUT2D eigenvalue weighted by Crippen LogP contribution is -2.22. The highest BCUT2D eigenvalue weighted by atomic mass is 32.1. The van der Waals surface area contributed by atoms with Crippen LogP contribution in [0.1, 0.15) is 17.0 Å². The van der Waals surface area contributed by atoms with Gasteiger partial charge >= 0.3 is 0 Å². The van der Waals surface area contributed by atoms with Gasteiger partial charge in [-0.2, -0.15) is 0 Å². The fraction of sp³-hybridized carbons (Fsp3) is 0.0667. The number of amides is 1. The maximum Gasteiger partial charge on any atom is 0.236 e. The number of carbonyl (C=O) groups excluding carboxylic acids is 1. The van der Waals surface area contributed by atoms with Crippen molar-refractivity contribution in [2.75, 3.05) is 17.7 Å². The molecule has 0 saturated heterocycles. The molecule has 0 bridgehead atoms. The molecular weight excluding hydrogens is 466 g/mol. The molecule has 4 aromatic carbocycles. The largest absolute Gasteiger partial charge is 0.497 e. The number of aromatic nitrogens is 1. The molecule has 5 nitrogen and oxygen atoms in total. The van der Waals surface area contributed by atoms with Gasteiger partial charge in [0.15, 0.2) is 5.13 Å². The van der Waals surface area contributed by atoms with E-state index >= 15 is 0 Å². The van der Waals surface area contributed by atoms with Crippen LogP contribution >= 0.6 is 11.3 Å². The summed E-state index contributed by atoms with van der Waals surface area (Å²) in [5, 5.41) is 9.22. The van der Waals surface area contributed by atoms with Crippen LogP contribution in [0.15, 0.2) is 115 Å². The third kappa shape index (κ3) is 5.45. The molecule has 0 aliphatic carbocycles. The second-order valence-electron chi connectivity index (χ2n) is 8.22. The van der Waals surface area contributed by atoms with E-state index in [-0.39, 0.29) is 5.91 Å². The fourth-order valence-corrected chi connectivity index (χ4v) is 4.78. The zero-order chi connectivity index (χ0) is 24.7. The van der Waals surface area contributed by atoms with Crippen molar-refractivity contribution in [2.45, 2.75) is 5.92 Å². The zero-order valence-corrected chi connectivity index (χ0v) is 20.5. The summed E-state index contributed by atoms with van der Waals surface area (Å²) in [7, 11) is 1.65. The maximum atomic E-state index is 13.5. The molecular formula is C30H25N3O2S. The number of nitrogens with one attached hydrogen (secondary N) is 2. The van der Waals surface area contributed by atoms with E-state index in [1.807, 2.05) is 115 Å².